The molecule has 1 unspecified atom stereocenters. The van der Waals surface area contributed by atoms with E-state index in [1.165, 1.54) is 12.3 Å². The van der Waals surface area contributed by atoms with Crippen molar-refractivity contribution in [3.05, 3.63) is 24.2 Å². The van der Waals surface area contributed by atoms with Crippen LogP contribution in [-0.4, -0.2) is 48.4 Å². The fraction of sp³-hybridized carbons (Fsp3) is 0.500. The quantitative estimate of drug-likeness (QED) is 0.798. The van der Waals surface area contributed by atoms with Crippen LogP contribution in [0.4, 0.5) is 0 Å². The van der Waals surface area contributed by atoms with Gasteiger partial charge < -0.3 is 9.15 Å². The van der Waals surface area contributed by atoms with Gasteiger partial charge in [0.1, 0.15) is 6.04 Å². The van der Waals surface area contributed by atoms with Crippen LogP contribution in [0.25, 0.3) is 0 Å². The minimum atomic E-state index is -0.586. The average molecular weight is 294 g/mol. The molecular formula is C14H18N2O5. The van der Waals surface area contributed by atoms with Gasteiger partial charge in [-0.25, -0.2) is 0 Å². The maximum Gasteiger partial charge on any atom is 0.323 e. The second kappa shape index (κ2) is 7.03. The van der Waals surface area contributed by atoms with Gasteiger partial charge in [-0.3, -0.25) is 24.6 Å². The van der Waals surface area contributed by atoms with Gasteiger partial charge in [-0.2, -0.15) is 0 Å². The first-order valence-corrected chi connectivity index (χ1v) is 6.90. The molecule has 2 rings (SSSR count). The molecule has 2 amide bonds. The minimum Gasteiger partial charge on any atom is -0.465 e. The van der Waals surface area contributed by atoms with E-state index in [2.05, 4.69) is 5.32 Å². The number of furan rings is 1. The van der Waals surface area contributed by atoms with Gasteiger partial charge in [0.2, 0.25) is 5.91 Å². The van der Waals surface area contributed by atoms with Crippen LogP contribution in [0.3, 0.4) is 0 Å². The highest BCUT2D eigenvalue weighted by atomic mass is 16.5. The Balaban J connectivity index is 1.87. The van der Waals surface area contributed by atoms with Crippen molar-refractivity contribution in [2.24, 2.45) is 0 Å². The molecule has 21 heavy (non-hydrogen) atoms. The number of ether oxygens (including phenoxy) is 1. The summed E-state index contributed by atoms with van der Waals surface area (Å²) in [5.41, 5.74) is 0. The molecule has 0 bridgehead atoms. The number of hydrogen-bond acceptors (Lipinski definition) is 6. The Hall–Kier alpha value is -2.15. The Labute approximate surface area is 122 Å². The average Bonchev–Trinajstić information content (AvgIpc) is 3.09. The summed E-state index contributed by atoms with van der Waals surface area (Å²) in [4.78, 5) is 37.0. The Bertz CT molecular complexity index is 511. The zero-order chi connectivity index (χ0) is 15.2. The van der Waals surface area contributed by atoms with Gasteiger partial charge in [0.05, 0.1) is 19.4 Å². The summed E-state index contributed by atoms with van der Waals surface area (Å²) < 4.78 is 9.89. The highest BCUT2D eigenvalue weighted by Gasteiger charge is 2.33. The molecule has 2 heterocycles. The van der Waals surface area contributed by atoms with Gasteiger partial charge in [0.15, 0.2) is 5.76 Å². The number of carbonyl (C=O) groups is 3. The van der Waals surface area contributed by atoms with E-state index in [0.29, 0.717) is 19.6 Å². The molecule has 1 aliphatic heterocycles. The SMILES string of the molecule is CCOC(=O)C1CCCN1CC(=O)NC(=O)c1ccco1. The van der Waals surface area contributed by atoms with Gasteiger partial charge >= 0.3 is 5.97 Å². The Kier molecular flexibility index (Phi) is 5.10. The number of esters is 1. The third kappa shape index (κ3) is 3.91. The molecule has 1 aliphatic rings. The van der Waals surface area contributed by atoms with Crippen LogP contribution >= 0.6 is 0 Å². The van der Waals surface area contributed by atoms with E-state index in [4.69, 9.17) is 9.15 Å². The molecule has 1 saturated heterocycles. The van der Waals surface area contributed by atoms with E-state index in [9.17, 15) is 14.4 Å². The summed E-state index contributed by atoms with van der Waals surface area (Å²) in [5, 5.41) is 2.24. The normalized spacial score (nSPS) is 18.4. The molecule has 0 radical (unpaired) electrons. The van der Waals surface area contributed by atoms with Gasteiger partial charge in [-0.15, -0.1) is 0 Å². The number of likely N-dealkylation sites (tertiary alicyclic amines) is 1. The maximum atomic E-state index is 11.9. The van der Waals surface area contributed by atoms with Crippen molar-refractivity contribution in [1.29, 1.82) is 0 Å². The lowest BCUT2D eigenvalue weighted by Crippen LogP contribution is -2.44. The van der Waals surface area contributed by atoms with Crippen LogP contribution in [0.2, 0.25) is 0 Å². The number of hydrogen-bond donors (Lipinski definition) is 1. The summed E-state index contributed by atoms with van der Waals surface area (Å²) in [5.74, 6) is -1.30. The van der Waals surface area contributed by atoms with Crippen molar-refractivity contribution >= 4 is 17.8 Å². The first-order chi connectivity index (χ1) is 10.1. The van der Waals surface area contributed by atoms with E-state index >= 15 is 0 Å². The molecule has 1 N–H and O–H groups in total. The molecule has 114 valence electrons. The zero-order valence-electron chi connectivity index (χ0n) is 11.8. The van der Waals surface area contributed by atoms with Gasteiger partial charge in [-0.1, -0.05) is 0 Å². The fourth-order valence-corrected chi connectivity index (χ4v) is 2.34. The highest BCUT2D eigenvalue weighted by Crippen LogP contribution is 2.17. The Morgan fingerprint density at radius 1 is 1.48 bits per heavy atom. The molecule has 1 atom stereocenters. The predicted octanol–water partition coefficient (Wildman–Crippen LogP) is 0.564. The summed E-state index contributed by atoms with van der Waals surface area (Å²) in [6, 6.07) is 2.63. The number of rotatable bonds is 5. The van der Waals surface area contributed by atoms with Crippen molar-refractivity contribution < 1.29 is 23.5 Å². The van der Waals surface area contributed by atoms with Crippen molar-refractivity contribution in [3.8, 4) is 0 Å². The highest BCUT2D eigenvalue weighted by molar-refractivity contribution is 6.03. The molecule has 7 heteroatoms. The number of carbonyl (C=O) groups excluding carboxylic acids is 3. The van der Waals surface area contributed by atoms with E-state index in [1.807, 2.05) is 0 Å². The van der Waals surface area contributed by atoms with Crippen molar-refractivity contribution in [2.45, 2.75) is 25.8 Å². The maximum absolute atomic E-state index is 11.9. The third-order valence-electron chi connectivity index (χ3n) is 3.27. The summed E-state index contributed by atoms with van der Waals surface area (Å²) in [6.45, 7) is 2.67. The summed E-state index contributed by atoms with van der Waals surface area (Å²) in [7, 11) is 0. The zero-order valence-corrected chi connectivity index (χ0v) is 11.8. The number of amides is 2. The van der Waals surface area contributed by atoms with Crippen molar-refractivity contribution in [1.82, 2.24) is 10.2 Å². The Morgan fingerprint density at radius 3 is 2.95 bits per heavy atom. The predicted molar refractivity (Wildman–Crippen MR) is 72.4 cm³/mol. The number of imide groups is 1. The summed E-state index contributed by atoms with van der Waals surface area (Å²) >= 11 is 0. The molecule has 0 saturated carbocycles. The van der Waals surface area contributed by atoms with E-state index in [0.717, 1.165) is 6.42 Å². The van der Waals surface area contributed by atoms with E-state index < -0.39 is 17.9 Å². The lowest BCUT2D eigenvalue weighted by molar-refractivity contribution is -0.148. The van der Waals surface area contributed by atoms with E-state index in [1.54, 1.807) is 17.9 Å². The lowest BCUT2D eigenvalue weighted by atomic mass is 10.2. The molecule has 1 fully saturated rings. The van der Waals surface area contributed by atoms with Crippen LogP contribution in [0.15, 0.2) is 22.8 Å². The first-order valence-electron chi connectivity index (χ1n) is 6.90. The molecule has 7 nitrogen and oxygen atoms in total. The van der Waals surface area contributed by atoms with Crippen molar-refractivity contribution in [3.63, 3.8) is 0 Å². The molecule has 1 aromatic heterocycles. The first kappa shape index (κ1) is 15.2. The van der Waals surface area contributed by atoms with Gasteiger partial charge in [0.25, 0.3) is 5.91 Å². The smallest absolute Gasteiger partial charge is 0.323 e. The second-order valence-corrected chi connectivity index (χ2v) is 4.74. The molecule has 0 aliphatic carbocycles. The molecule has 0 aromatic carbocycles. The van der Waals surface area contributed by atoms with Gasteiger partial charge in [0, 0.05) is 0 Å². The molecule has 0 spiro atoms. The second-order valence-electron chi connectivity index (χ2n) is 4.74. The Morgan fingerprint density at radius 2 is 2.29 bits per heavy atom. The minimum absolute atomic E-state index is 0.0179. The third-order valence-corrected chi connectivity index (χ3v) is 3.27. The largest absolute Gasteiger partial charge is 0.465 e. The van der Waals surface area contributed by atoms with Crippen LogP contribution in [-0.2, 0) is 14.3 Å². The van der Waals surface area contributed by atoms with Crippen LogP contribution in [0.5, 0.6) is 0 Å². The van der Waals surface area contributed by atoms with Crippen LogP contribution < -0.4 is 5.32 Å². The van der Waals surface area contributed by atoms with Crippen LogP contribution in [0, 0.1) is 0 Å². The van der Waals surface area contributed by atoms with E-state index in [-0.39, 0.29) is 18.3 Å². The standard InChI is InChI=1S/C14H18N2O5/c1-2-20-14(19)10-5-3-7-16(10)9-12(17)15-13(18)11-6-4-8-21-11/h4,6,8,10H,2-3,5,7,9H2,1H3,(H,15,17,18). The monoisotopic (exact) mass is 294 g/mol. The lowest BCUT2D eigenvalue weighted by Gasteiger charge is -2.21. The number of nitrogens with zero attached hydrogens (tertiary/aromatic N) is 1. The van der Waals surface area contributed by atoms with Gasteiger partial charge in [-0.05, 0) is 38.4 Å². The molecule has 1 aromatic rings. The topological polar surface area (TPSA) is 88.9 Å². The summed E-state index contributed by atoms with van der Waals surface area (Å²) in [6.07, 6.45) is 2.85. The number of nitrogens with one attached hydrogen (secondary N) is 1. The van der Waals surface area contributed by atoms with Crippen LogP contribution in [0.1, 0.15) is 30.3 Å². The van der Waals surface area contributed by atoms with Crippen molar-refractivity contribution in [2.75, 3.05) is 19.7 Å². The molecular weight excluding hydrogens is 276 g/mol. The fourth-order valence-electron chi connectivity index (χ4n) is 2.34.